The average molecular weight is 309 g/mol. The van der Waals surface area contributed by atoms with Gasteiger partial charge in [-0.05, 0) is 12.1 Å². The molecule has 106 valence electrons. The van der Waals surface area contributed by atoms with Crippen molar-refractivity contribution < 1.29 is 13.2 Å². The zero-order valence-electron chi connectivity index (χ0n) is 10.4. The van der Waals surface area contributed by atoms with Crippen molar-refractivity contribution >= 4 is 11.6 Å². The topological polar surface area (TPSA) is 64.7 Å². The van der Waals surface area contributed by atoms with E-state index in [1.54, 1.807) is 18.2 Å². The third-order valence-electron chi connectivity index (χ3n) is 2.61. The van der Waals surface area contributed by atoms with Crippen molar-refractivity contribution in [3.05, 3.63) is 47.6 Å². The number of hydrogen-bond acceptors (Lipinski definition) is 5. The Morgan fingerprint density at radius 1 is 1.05 bits per heavy atom. The van der Waals surface area contributed by atoms with Crippen molar-refractivity contribution in [3.8, 4) is 22.8 Å². The van der Waals surface area contributed by atoms with Crippen LogP contribution in [0.4, 0.5) is 8.78 Å². The van der Waals surface area contributed by atoms with Gasteiger partial charge in [-0.25, -0.2) is 9.97 Å². The van der Waals surface area contributed by atoms with Crippen LogP contribution in [-0.4, -0.2) is 20.2 Å². The standard InChI is InChI=1S/C13H7ClF2N4O/c14-9-3-1-2-7(4-9)11-17-5-8(6-18-11)12-19-20-13(21-12)10(15)16/h1-6,10H. The fraction of sp³-hybridized carbons (Fsp3) is 0.0769. The summed E-state index contributed by atoms with van der Waals surface area (Å²) in [5.41, 5.74) is 1.10. The summed E-state index contributed by atoms with van der Waals surface area (Å²) in [6.07, 6.45) is 0.0377. The fourth-order valence-electron chi connectivity index (χ4n) is 1.65. The summed E-state index contributed by atoms with van der Waals surface area (Å²) in [5, 5.41) is 7.34. The van der Waals surface area contributed by atoms with Crippen LogP contribution in [0, 0.1) is 0 Å². The minimum atomic E-state index is -2.81. The summed E-state index contributed by atoms with van der Waals surface area (Å²) >= 11 is 5.89. The zero-order chi connectivity index (χ0) is 14.8. The molecule has 0 aliphatic rings. The second kappa shape index (κ2) is 5.53. The van der Waals surface area contributed by atoms with Gasteiger partial charge >= 0.3 is 6.43 Å². The first-order valence-electron chi connectivity index (χ1n) is 5.83. The molecule has 0 radical (unpaired) electrons. The van der Waals surface area contributed by atoms with Gasteiger partial charge in [0.05, 0.1) is 5.56 Å². The number of benzene rings is 1. The van der Waals surface area contributed by atoms with Gasteiger partial charge in [0.2, 0.25) is 0 Å². The van der Waals surface area contributed by atoms with E-state index in [-0.39, 0.29) is 5.89 Å². The maximum Gasteiger partial charge on any atom is 0.314 e. The highest BCUT2D eigenvalue weighted by atomic mass is 35.5. The number of rotatable bonds is 3. The molecule has 2 aromatic heterocycles. The molecule has 21 heavy (non-hydrogen) atoms. The van der Waals surface area contributed by atoms with Crippen LogP contribution in [0.3, 0.4) is 0 Å². The second-order valence-corrected chi connectivity index (χ2v) is 4.49. The zero-order valence-corrected chi connectivity index (χ0v) is 11.1. The molecule has 8 heteroatoms. The number of nitrogens with zero attached hydrogens (tertiary/aromatic N) is 4. The van der Waals surface area contributed by atoms with Gasteiger partial charge in [-0.15, -0.1) is 10.2 Å². The Morgan fingerprint density at radius 2 is 1.81 bits per heavy atom. The smallest absolute Gasteiger partial charge is 0.314 e. The highest BCUT2D eigenvalue weighted by molar-refractivity contribution is 6.30. The van der Waals surface area contributed by atoms with Gasteiger partial charge in [0.1, 0.15) is 0 Å². The largest absolute Gasteiger partial charge is 0.415 e. The summed E-state index contributed by atoms with van der Waals surface area (Å²) in [6, 6.07) is 7.05. The van der Waals surface area contributed by atoms with Crippen molar-refractivity contribution in [2.45, 2.75) is 6.43 Å². The lowest BCUT2D eigenvalue weighted by Crippen LogP contribution is -1.90. The summed E-state index contributed by atoms with van der Waals surface area (Å²) < 4.78 is 29.6. The van der Waals surface area contributed by atoms with Crippen LogP contribution in [0.15, 0.2) is 41.1 Å². The molecule has 5 nitrogen and oxygen atoms in total. The number of hydrogen-bond donors (Lipinski definition) is 0. The van der Waals surface area contributed by atoms with E-state index >= 15 is 0 Å². The van der Waals surface area contributed by atoms with Gasteiger partial charge < -0.3 is 4.42 Å². The minimum absolute atomic E-state index is 0.0528. The molecule has 0 bridgehead atoms. The molecular weight excluding hydrogens is 302 g/mol. The Balaban J connectivity index is 1.90. The fourth-order valence-corrected chi connectivity index (χ4v) is 1.84. The van der Waals surface area contributed by atoms with E-state index in [4.69, 9.17) is 16.0 Å². The lowest BCUT2D eigenvalue weighted by molar-refractivity contribution is 0.116. The third-order valence-corrected chi connectivity index (χ3v) is 2.84. The molecule has 0 saturated heterocycles. The lowest BCUT2D eigenvalue weighted by atomic mass is 10.2. The molecular formula is C13H7ClF2N4O. The summed E-state index contributed by atoms with van der Waals surface area (Å²) in [6.45, 7) is 0. The second-order valence-electron chi connectivity index (χ2n) is 4.05. The number of aromatic nitrogens is 4. The summed E-state index contributed by atoms with van der Waals surface area (Å²) in [5.74, 6) is -0.332. The van der Waals surface area contributed by atoms with Crippen molar-refractivity contribution in [2.75, 3.05) is 0 Å². The number of halogens is 3. The van der Waals surface area contributed by atoms with Gasteiger partial charge in [0, 0.05) is 23.0 Å². The number of alkyl halides is 2. The van der Waals surface area contributed by atoms with E-state index in [2.05, 4.69) is 20.2 Å². The van der Waals surface area contributed by atoms with Crippen molar-refractivity contribution in [1.29, 1.82) is 0 Å². The molecule has 0 amide bonds. The molecule has 0 unspecified atom stereocenters. The Morgan fingerprint density at radius 3 is 2.43 bits per heavy atom. The van der Waals surface area contributed by atoms with E-state index in [1.165, 1.54) is 12.4 Å². The van der Waals surface area contributed by atoms with Crippen molar-refractivity contribution in [3.63, 3.8) is 0 Å². The van der Waals surface area contributed by atoms with Gasteiger partial charge in [-0.1, -0.05) is 23.7 Å². The Labute approximate surface area is 122 Å². The van der Waals surface area contributed by atoms with Crippen LogP contribution >= 0.6 is 11.6 Å². The highest BCUT2D eigenvalue weighted by Crippen LogP contribution is 2.24. The van der Waals surface area contributed by atoms with Crippen LogP contribution in [0.2, 0.25) is 5.02 Å². The maximum absolute atomic E-state index is 12.4. The lowest BCUT2D eigenvalue weighted by Gasteiger charge is -2.01. The van der Waals surface area contributed by atoms with E-state index in [1.807, 2.05) is 6.07 Å². The molecule has 0 atom stereocenters. The Hall–Kier alpha value is -2.41. The molecule has 0 spiro atoms. The Kier molecular flexibility index (Phi) is 3.57. The SMILES string of the molecule is FC(F)c1nnc(-c2cnc(-c3cccc(Cl)c3)nc2)o1. The van der Waals surface area contributed by atoms with Crippen LogP contribution < -0.4 is 0 Å². The highest BCUT2D eigenvalue weighted by Gasteiger charge is 2.17. The maximum atomic E-state index is 12.4. The van der Waals surface area contributed by atoms with Crippen LogP contribution in [-0.2, 0) is 0 Å². The monoisotopic (exact) mass is 308 g/mol. The first-order valence-corrected chi connectivity index (χ1v) is 6.21. The van der Waals surface area contributed by atoms with Gasteiger partial charge in [0.25, 0.3) is 11.8 Å². The van der Waals surface area contributed by atoms with Crippen LogP contribution in [0.5, 0.6) is 0 Å². The molecule has 0 fully saturated rings. The first kappa shape index (κ1) is 13.6. The first-order chi connectivity index (χ1) is 10.1. The van der Waals surface area contributed by atoms with Gasteiger partial charge in [-0.2, -0.15) is 8.78 Å². The molecule has 3 rings (SSSR count). The summed E-state index contributed by atoms with van der Waals surface area (Å²) in [4.78, 5) is 8.27. The third kappa shape index (κ3) is 2.87. The quantitative estimate of drug-likeness (QED) is 0.736. The molecule has 0 aliphatic carbocycles. The molecule has 3 aromatic rings. The summed E-state index contributed by atoms with van der Waals surface area (Å²) in [7, 11) is 0. The Bertz CT molecular complexity index is 761. The van der Waals surface area contributed by atoms with E-state index in [9.17, 15) is 8.78 Å². The molecule has 0 aliphatic heterocycles. The van der Waals surface area contributed by atoms with E-state index in [0.29, 0.717) is 16.4 Å². The predicted molar refractivity (Wildman–Crippen MR) is 70.7 cm³/mol. The molecule has 1 aromatic carbocycles. The normalized spacial score (nSPS) is 11.0. The van der Waals surface area contributed by atoms with Crippen molar-refractivity contribution in [1.82, 2.24) is 20.2 Å². The molecule has 0 saturated carbocycles. The van der Waals surface area contributed by atoms with Crippen LogP contribution in [0.1, 0.15) is 12.3 Å². The van der Waals surface area contributed by atoms with Crippen molar-refractivity contribution in [2.24, 2.45) is 0 Å². The van der Waals surface area contributed by atoms with Gasteiger partial charge in [-0.3, -0.25) is 0 Å². The minimum Gasteiger partial charge on any atom is -0.415 e. The predicted octanol–water partition coefficient (Wildman–Crippen LogP) is 3.78. The van der Waals surface area contributed by atoms with Gasteiger partial charge in [0.15, 0.2) is 5.82 Å². The molecule has 2 heterocycles. The average Bonchev–Trinajstić information content (AvgIpc) is 2.97. The van der Waals surface area contributed by atoms with E-state index in [0.717, 1.165) is 5.56 Å². The van der Waals surface area contributed by atoms with Crippen LogP contribution in [0.25, 0.3) is 22.8 Å². The molecule has 0 N–H and O–H groups in total. The van der Waals surface area contributed by atoms with E-state index < -0.39 is 12.3 Å².